The van der Waals surface area contributed by atoms with E-state index in [4.69, 9.17) is 4.74 Å². The van der Waals surface area contributed by atoms with E-state index >= 15 is 0 Å². The summed E-state index contributed by atoms with van der Waals surface area (Å²) >= 11 is 1.08. The monoisotopic (exact) mass is 370 g/mol. The number of aromatic nitrogens is 3. The summed E-state index contributed by atoms with van der Waals surface area (Å²) in [4.78, 5) is 29.5. The van der Waals surface area contributed by atoms with Crippen LogP contribution in [0.25, 0.3) is 11.3 Å². The van der Waals surface area contributed by atoms with Gasteiger partial charge in [0, 0.05) is 18.3 Å². The van der Waals surface area contributed by atoms with E-state index in [1.165, 1.54) is 0 Å². The lowest BCUT2D eigenvalue weighted by molar-refractivity contribution is 0.0532. The minimum atomic E-state index is -0.460. The van der Waals surface area contributed by atoms with Crippen molar-refractivity contribution in [3.8, 4) is 11.3 Å². The van der Waals surface area contributed by atoms with E-state index in [0.717, 1.165) is 22.6 Å². The first kappa shape index (κ1) is 17.8. The molecule has 0 saturated heterocycles. The van der Waals surface area contributed by atoms with Crippen molar-refractivity contribution < 1.29 is 14.3 Å². The first-order valence-electron chi connectivity index (χ1n) is 8.05. The van der Waals surface area contributed by atoms with Gasteiger partial charge in [0.1, 0.15) is 4.88 Å². The van der Waals surface area contributed by atoms with E-state index < -0.39 is 5.97 Å². The number of carbonyl (C=O) groups is 2. The molecule has 0 saturated carbocycles. The minimum Gasteiger partial charge on any atom is -0.462 e. The summed E-state index contributed by atoms with van der Waals surface area (Å²) in [6.07, 6.45) is 0. The van der Waals surface area contributed by atoms with E-state index in [1.807, 2.05) is 37.3 Å². The van der Waals surface area contributed by atoms with Crippen molar-refractivity contribution in [2.24, 2.45) is 7.05 Å². The fourth-order valence-electron chi connectivity index (χ4n) is 2.33. The molecule has 0 bridgehead atoms. The first-order valence-corrected chi connectivity index (χ1v) is 8.86. The lowest BCUT2D eigenvalue weighted by atomic mass is 10.1. The van der Waals surface area contributed by atoms with Crippen LogP contribution in [0, 0.1) is 6.92 Å². The second-order valence-electron chi connectivity index (χ2n) is 5.53. The van der Waals surface area contributed by atoms with Crippen LogP contribution in [0.5, 0.6) is 0 Å². The van der Waals surface area contributed by atoms with Crippen LogP contribution < -0.4 is 5.32 Å². The van der Waals surface area contributed by atoms with Crippen LogP contribution in [-0.4, -0.2) is 33.2 Å². The molecule has 0 aliphatic heterocycles. The van der Waals surface area contributed by atoms with Gasteiger partial charge < -0.3 is 4.74 Å². The van der Waals surface area contributed by atoms with E-state index in [-0.39, 0.29) is 12.5 Å². The maximum Gasteiger partial charge on any atom is 0.350 e. The Morgan fingerprint density at radius 3 is 2.62 bits per heavy atom. The van der Waals surface area contributed by atoms with E-state index in [2.05, 4.69) is 15.4 Å². The van der Waals surface area contributed by atoms with Crippen LogP contribution in [0.3, 0.4) is 0 Å². The SMILES string of the molecule is CCOC(=O)c1sc(NC(=O)c2cc(C)n(C)n2)nc1-c1ccccc1. The number of ether oxygens (including phenoxy) is 1. The standard InChI is InChI=1S/C18H18N4O3S/c1-4-25-17(24)15-14(12-8-6-5-7-9-12)19-18(26-15)20-16(23)13-10-11(2)22(3)21-13/h5-10H,4H2,1-3H3,(H,19,20,23). The van der Waals surface area contributed by atoms with Crippen LogP contribution in [0.1, 0.15) is 32.8 Å². The normalized spacial score (nSPS) is 10.6. The fourth-order valence-corrected chi connectivity index (χ4v) is 3.21. The molecule has 0 unspecified atom stereocenters. The summed E-state index contributed by atoms with van der Waals surface area (Å²) < 4.78 is 6.74. The molecule has 1 aromatic carbocycles. The Hall–Kier alpha value is -3.00. The molecule has 0 fully saturated rings. The molecule has 1 amide bonds. The number of hydrogen-bond acceptors (Lipinski definition) is 6. The zero-order chi connectivity index (χ0) is 18.7. The molecule has 7 nitrogen and oxygen atoms in total. The first-order chi connectivity index (χ1) is 12.5. The lowest BCUT2D eigenvalue weighted by Gasteiger charge is -2.01. The van der Waals surface area contributed by atoms with Gasteiger partial charge in [-0.2, -0.15) is 5.10 Å². The second-order valence-corrected chi connectivity index (χ2v) is 6.53. The predicted molar refractivity (Wildman–Crippen MR) is 99.4 cm³/mol. The maximum atomic E-state index is 12.4. The van der Waals surface area contributed by atoms with Crippen LogP contribution in [0.2, 0.25) is 0 Å². The van der Waals surface area contributed by atoms with Gasteiger partial charge >= 0.3 is 5.97 Å². The Balaban J connectivity index is 1.93. The highest BCUT2D eigenvalue weighted by atomic mass is 32.1. The number of hydrogen-bond donors (Lipinski definition) is 1. The number of rotatable bonds is 5. The second kappa shape index (κ2) is 7.49. The van der Waals surface area contributed by atoms with E-state index in [9.17, 15) is 9.59 Å². The van der Waals surface area contributed by atoms with E-state index in [0.29, 0.717) is 21.4 Å². The van der Waals surface area contributed by atoms with E-state index in [1.54, 1.807) is 24.7 Å². The average molecular weight is 370 g/mol. The molecule has 8 heteroatoms. The lowest BCUT2D eigenvalue weighted by Crippen LogP contribution is -2.12. The van der Waals surface area contributed by atoms with Crippen molar-refractivity contribution in [1.29, 1.82) is 0 Å². The Bertz CT molecular complexity index is 927. The number of nitrogens with zero attached hydrogens (tertiary/aromatic N) is 3. The molecule has 26 heavy (non-hydrogen) atoms. The number of esters is 1. The third kappa shape index (κ3) is 3.65. The van der Waals surface area contributed by atoms with Crippen LogP contribution in [-0.2, 0) is 11.8 Å². The average Bonchev–Trinajstić information content (AvgIpc) is 3.20. The molecule has 0 aliphatic rings. The molecule has 2 heterocycles. The molecule has 0 spiro atoms. The van der Waals surface area contributed by atoms with Gasteiger partial charge in [-0.15, -0.1) is 0 Å². The largest absolute Gasteiger partial charge is 0.462 e. The van der Waals surface area contributed by atoms with Gasteiger partial charge in [0.2, 0.25) is 0 Å². The van der Waals surface area contributed by atoms with Gasteiger partial charge in [0.15, 0.2) is 10.8 Å². The molecule has 2 aromatic heterocycles. The van der Waals surface area contributed by atoms with Gasteiger partial charge in [-0.1, -0.05) is 41.7 Å². The summed E-state index contributed by atoms with van der Waals surface area (Å²) in [5.41, 5.74) is 2.42. The Kier molecular flexibility index (Phi) is 5.13. The van der Waals surface area contributed by atoms with Crippen molar-refractivity contribution in [2.75, 3.05) is 11.9 Å². The van der Waals surface area contributed by atoms with Crippen molar-refractivity contribution >= 4 is 28.3 Å². The highest BCUT2D eigenvalue weighted by Crippen LogP contribution is 2.32. The van der Waals surface area contributed by atoms with Crippen LogP contribution >= 0.6 is 11.3 Å². The molecule has 134 valence electrons. The summed E-state index contributed by atoms with van der Waals surface area (Å²) in [5, 5.41) is 7.18. The zero-order valence-corrected chi connectivity index (χ0v) is 15.5. The predicted octanol–water partition coefficient (Wildman–Crippen LogP) is 3.28. The molecular weight excluding hydrogens is 352 g/mol. The number of nitrogens with one attached hydrogen (secondary N) is 1. The number of amides is 1. The molecule has 0 radical (unpaired) electrons. The molecular formula is C18H18N4O3S. The third-order valence-corrected chi connectivity index (χ3v) is 4.65. The number of thiazole rings is 1. The quantitative estimate of drug-likeness (QED) is 0.697. The van der Waals surface area contributed by atoms with Crippen molar-refractivity contribution in [3.63, 3.8) is 0 Å². The summed E-state index contributed by atoms with van der Waals surface area (Å²) in [6.45, 7) is 3.87. The number of anilines is 1. The van der Waals surface area contributed by atoms with Gasteiger partial charge in [0.25, 0.3) is 5.91 Å². The van der Waals surface area contributed by atoms with Crippen LogP contribution in [0.15, 0.2) is 36.4 Å². The maximum absolute atomic E-state index is 12.4. The summed E-state index contributed by atoms with van der Waals surface area (Å²) in [6, 6.07) is 11.0. The Morgan fingerprint density at radius 1 is 1.27 bits per heavy atom. The van der Waals surface area contributed by atoms with Gasteiger partial charge in [0.05, 0.1) is 12.3 Å². The molecule has 0 aliphatic carbocycles. The fraction of sp³-hybridized carbons (Fsp3) is 0.222. The van der Waals surface area contributed by atoms with Crippen molar-refractivity contribution in [1.82, 2.24) is 14.8 Å². The highest BCUT2D eigenvalue weighted by molar-refractivity contribution is 7.18. The topological polar surface area (TPSA) is 86.1 Å². The molecule has 3 aromatic rings. The Labute approximate surface area is 154 Å². The van der Waals surface area contributed by atoms with Crippen molar-refractivity contribution in [2.45, 2.75) is 13.8 Å². The van der Waals surface area contributed by atoms with Crippen molar-refractivity contribution in [3.05, 3.63) is 52.7 Å². The summed E-state index contributed by atoms with van der Waals surface area (Å²) in [5.74, 6) is -0.837. The molecule has 0 atom stereocenters. The van der Waals surface area contributed by atoms with Gasteiger partial charge in [-0.05, 0) is 19.9 Å². The molecule has 1 N–H and O–H groups in total. The van der Waals surface area contributed by atoms with Gasteiger partial charge in [-0.3, -0.25) is 14.8 Å². The minimum absolute atomic E-state index is 0.264. The Morgan fingerprint density at radius 2 is 2.00 bits per heavy atom. The summed E-state index contributed by atoms with van der Waals surface area (Å²) in [7, 11) is 1.77. The third-order valence-electron chi connectivity index (χ3n) is 3.70. The zero-order valence-electron chi connectivity index (χ0n) is 14.6. The van der Waals surface area contributed by atoms with Crippen LogP contribution in [0.4, 0.5) is 5.13 Å². The highest BCUT2D eigenvalue weighted by Gasteiger charge is 2.22. The number of carbonyl (C=O) groups excluding carboxylic acids is 2. The smallest absolute Gasteiger partial charge is 0.350 e. The molecule has 3 rings (SSSR count). The number of benzene rings is 1. The van der Waals surface area contributed by atoms with Gasteiger partial charge in [-0.25, -0.2) is 9.78 Å². The number of aryl methyl sites for hydroxylation is 2.